The first-order valence-electron chi connectivity index (χ1n) is 9.72. The van der Waals surface area contributed by atoms with E-state index in [0.29, 0.717) is 11.8 Å². The number of aryl methyl sites for hydroxylation is 1. The van der Waals surface area contributed by atoms with Gasteiger partial charge in [-0.3, -0.25) is 9.79 Å². The molecular formula is C24H22NaO6P. The van der Waals surface area contributed by atoms with E-state index in [1.165, 1.54) is 22.4 Å². The molecule has 160 valence electrons. The van der Waals surface area contributed by atoms with Gasteiger partial charge in [-0.15, -0.1) is 0 Å². The second-order valence-electron chi connectivity index (χ2n) is 6.97. The van der Waals surface area contributed by atoms with Gasteiger partial charge in [0.05, 0.1) is 0 Å². The number of hydrogen-bond donors (Lipinski definition) is 2. The summed E-state index contributed by atoms with van der Waals surface area (Å²) >= 11 is 0. The van der Waals surface area contributed by atoms with Gasteiger partial charge in [0.1, 0.15) is 5.75 Å². The maximum absolute atomic E-state index is 10.7. The van der Waals surface area contributed by atoms with E-state index in [-0.39, 0.29) is 41.7 Å². The van der Waals surface area contributed by atoms with Gasteiger partial charge in [-0.05, 0) is 47.1 Å². The van der Waals surface area contributed by atoms with Gasteiger partial charge in [0.25, 0.3) is 0 Å². The summed E-state index contributed by atoms with van der Waals surface area (Å²) in [5.41, 5.74) is 1.18. The van der Waals surface area contributed by atoms with Gasteiger partial charge in [0.15, 0.2) is 0 Å². The predicted octanol–water partition coefficient (Wildman–Crippen LogP) is 1.23. The van der Waals surface area contributed by atoms with Crippen molar-refractivity contribution < 1.29 is 58.3 Å². The van der Waals surface area contributed by atoms with Gasteiger partial charge < -0.3 is 14.4 Å². The zero-order valence-electron chi connectivity index (χ0n) is 17.7. The number of carbonyl (C=O) groups is 1. The van der Waals surface area contributed by atoms with Crippen LogP contribution in [-0.4, -0.2) is 15.8 Å². The molecule has 0 spiro atoms. The number of carboxylic acids is 1. The second-order valence-corrected chi connectivity index (χ2v) is 8.13. The average molecular weight is 460 g/mol. The quantitative estimate of drug-likeness (QED) is 0.331. The Morgan fingerprint density at radius 1 is 0.844 bits per heavy atom. The maximum atomic E-state index is 10.7. The first kappa shape index (κ1) is 26.1. The Kier molecular flexibility index (Phi) is 9.91. The van der Waals surface area contributed by atoms with Crippen molar-refractivity contribution in [3.63, 3.8) is 0 Å². The Labute approximate surface area is 208 Å². The fourth-order valence-electron chi connectivity index (χ4n) is 3.23. The standard InChI is InChI=1S/C14H14O2.C10H9O4P.Na/c15-14(16)7-3-4-11-8-9-12-5-1-2-6-13(12)10-11;11-15(12,13)14-10-7-3-5-8-4-1-2-6-9(8)10;/h1-2,5-6,8-10H,3-4,7H2,(H,15,16);1-7H,(H2,11,12,13);/q;;+1/p-1. The molecule has 0 fully saturated rings. The van der Waals surface area contributed by atoms with Crippen LogP contribution in [0.2, 0.25) is 0 Å². The Hall–Kier alpha value is -2.18. The molecule has 8 heteroatoms. The first-order valence-corrected chi connectivity index (χ1v) is 11.3. The normalized spacial score (nSPS) is 10.7. The van der Waals surface area contributed by atoms with Crippen molar-refractivity contribution in [3.05, 3.63) is 90.5 Å². The zero-order chi connectivity index (χ0) is 22.3. The SMILES string of the molecule is O=C([O-])CCCc1ccc2ccccc2c1.O=P(O)(O)Oc1cccc2ccccc12.[Na+]. The molecule has 0 unspecified atom stereocenters. The van der Waals surface area contributed by atoms with Crippen molar-refractivity contribution >= 4 is 35.3 Å². The summed E-state index contributed by atoms with van der Waals surface area (Å²) in [7, 11) is -4.49. The Morgan fingerprint density at radius 3 is 2.16 bits per heavy atom. The van der Waals surface area contributed by atoms with Crippen LogP contribution in [0.15, 0.2) is 84.9 Å². The molecule has 0 aliphatic heterocycles. The summed E-state index contributed by atoms with van der Waals surface area (Å²) in [6.45, 7) is 0. The molecule has 0 heterocycles. The molecule has 0 aromatic heterocycles. The fourth-order valence-corrected chi connectivity index (χ4v) is 3.65. The van der Waals surface area contributed by atoms with Gasteiger partial charge in [0, 0.05) is 11.4 Å². The third-order valence-electron chi connectivity index (χ3n) is 4.63. The number of hydrogen-bond acceptors (Lipinski definition) is 4. The smallest absolute Gasteiger partial charge is 0.550 e. The number of phosphoric acid groups is 1. The molecule has 6 nitrogen and oxygen atoms in total. The van der Waals surface area contributed by atoms with Crippen molar-refractivity contribution in [1.82, 2.24) is 0 Å². The molecular weight excluding hydrogens is 438 g/mol. The van der Waals surface area contributed by atoms with Crippen molar-refractivity contribution in [3.8, 4) is 5.75 Å². The summed E-state index contributed by atoms with van der Waals surface area (Å²) in [4.78, 5) is 27.7. The molecule has 0 saturated heterocycles. The summed E-state index contributed by atoms with van der Waals surface area (Å²) in [5, 5.41) is 14.3. The Balaban J connectivity index is 0.000000220. The van der Waals surface area contributed by atoms with Crippen LogP contribution in [0.5, 0.6) is 5.75 Å². The van der Waals surface area contributed by atoms with E-state index in [0.717, 1.165) is 11.8 Å². The number of carbonyl (C=O) groups excluding carboxylic acids is 1. The maximum Gasteiger partial charge on any atom is 1.00 e. The predicted molar refractivity (Wildman–Crippen MR) is 119 cm³/mol. The van der Waals surface area contributed by atoms with E-state index in [1.807, 2.05) is 30.3 Å². The van der Waals surface area contributed by atoms with Crippen molar-refractivity contribution in [1.29, 1.82) is 0 Å². The molecule has 2 N–H and O–H groups in total. The molecule has 0 aliphatic carbocycles. The minimum atomic E-state index is -4.49. The van der Waals surface area contributed by atoms with Crippen LogP contribution in [0.3, 0.4) is 0 Å². The molecule has 4 aromatic carbocycles. The van der Waals surface area contributed by atoms with Crippen molar-refractivity contribution in [2.45, 2.75) is 19.3 Å². The van der Waals surface area contributed by atoms with Crippen LogP contribution >= 0.6 is 7.82 Å². The number of fused-ring (bicyclic) bond motifs is 2. The largest absolute Gasteiger partial charge is 1.00 e. The minimum Gasteiger partial charge on any atom is -0.550 e. The zero-order valence-corrected chi connectivity index (χ0v) is 20.6. The third-order valence-corrected chi connectivity index (χ3v) is 5.06. The third kappa shape index (κ3) is 8.06. The summed E-state index contributed by atoms with van der Waals surface area (Å²) in [5.74, 6) is -0.776. The molecule has 0 radical (unpaired) electrons. The van der Waals surface area contributed by atoms with Crippen LogP contribution in [0.1, 0.15) is 18.4 Å². The molecule has 32 heavy (non-hydrogen) atoms. The van der Waals surface area contributed by atoms with Crippen LogP contribution in [0.25, 0.3) is 21.5 Å². The van der Waals surface area contributed by atoms with Crippen LogP contribution < -0.4 is 39.2 Å². The van der Waals surface area contributed by atoms with Crippen molar-refractivity contribution in [2.24, 2.45) is 0 Å². The van der Waals surface area contributed by atoms with E-state index >= 15 is 0 Å². The minimum absolute atomic E-state index is 0. The van der Waals surface area contributed by atoms with Crippen LogP contribution in [0, 0.1) is 0 Å². The number of aliphatic carboxylic acids is 1. The molecule has 4 aromatic rings. The monoisotopic (exact) mass is 460 g/mol. The van der Waals surface area contributed by atoms with Crippen LogP contribution in [-0.2, 0) is 15.8 Å². The number of carboxylic acid groups (broad SMARTS) is 1. The van der Waals surface area contributed by atoms with E-state index < -0.39 is 13.8 Å². The van der Waals surface area contributed by atoms with E-state index in [9.17, 15) is 14.5 Å². The van der Waals surface area contributed by atoms with E-state index in [2.05, 4.69) is 34.9 Å². The van der Waals surface area contributed by atoms with Gasteiger partial charge in [-0.2, -0.15) is 0 Å². The molecule has 0 amide bonds. The molecule has 0 saturated carbocycles. The Bertz CT molecular complexity index is 1230. The number of benzene rings is 4. The first-order chi connectivity index (χ1) is 14.8. The van der Waals surface area contributed by atoms with Crippen molar-refractivity contribution in [2.75, 3.05) is 0 Å². The Morgan fingerprint density at radius 2 is 1.47 bits per heavy atom. The van der Waals surface area contributed by atoms with Gasteiger partial charge in [-0.1, -0.05) is 78.9 Å². The average Bonchev–Trinajstić information content (AvgIpc) is 2.73. The molecule has 0 bridgehead atoms. The fraction of sp³-hybridized carbons (Fsp3) is 0.125. The number of phosphoric ester groups is 1. The second kappa shape index (κ2) is 12.2. The van der Waals surface area contributed by atoms with Gasteiger partial charge in [-0.25, -0.2) is 4.57 Å². The molecule has 0 aliphatic rings. The van der Waals surface area contributed by atoms with E-state index in [1.54, 1.807) is 18.2 Å². The molecule has 4 rings (SSSR count). The van der Waals surface area contributed by atoms with Gasteiger partial charge in [0.2, 0.25) is 0 Å². The topological polar surface area (TPSA) is 107 Å². The summed E-state index contributed by atoms with van der Waals surface area (Å²) < 4.78 is 15.3. The van der Waals surface area contributed by atoms with Gasteiger partial charge >= 0.3 is 37.4 Å². The number of rotatable bonds is 6. The summed E-state index contributed by atoms with van der Waals surface area (Å²) in [6.07, 6.45) is 1.56. The van der Waals surface area contributed by atoms with Crippen LogP contribution in [0.4, 0.5) is 0 Å². The molecule has 0 atom stereocenters. The summed E-state index contributed by atoms with van der Waals surface area (Å²) in [6, 6.07) is 26.7. The van der Waals surface area contributed by atoms with E-state index in [4.69, 9.17) is 9.79 Å².